The highest BCUT2D eigenvalue weighted by Crippen LogP contribution is 2.17. The summed E-state index contributed by atoms with van der Waals surface area (Å²) in [6, 6.07) is 10.7. The molecular weight excluding hydrogens is 234 g/mol. The van der Waals surface area contributed by atoms with Crippen molar-refractivity contribution >= 4 is 10.9 Å². The zero-order valence-electron chi connectivity index (χ0n) is 11.9. The van der Waals surface area contributed by atoms with Crippen LogP contribution in [0, 0.1) is 17.2 Å². The molecular formula is C16H21N3. The van der Waals surface area contributed by atoms with E-state index in [1.807, 2.05) is 18.2 Å². The molecule has 0 saturated carbocycles. The minimum atomic E-state index is 0.525. The zero-order chi connectivity index (χ0) is 13.8. The Morgan fingerprint density at radius 1 is 1.26 bits per heavy atom. The maximum atomic E-state index is 8.96. The van der Waals surface area contributed by atoms with Gasteiger partial charge in [-0.3, -0.25) is 0 Å². The Kier molecular flexibility index (Phi) is 4.24. The highest BCUT2D eigenvalue weighted by atomic mass is 15.0. The molecule has 19 heavy (non-hydrogen) atoms. The molecule has 1 aromatic carbocycles. The smallest absolute Gasteiger partial charge is 0.0992 e. The second-order valence-electron chi connectivity index (χ2n) is 5.38. The lowest BCUT2D eigenvalue weighted by atomic mass is 10.1. The monoisotopic (exact) mass is 255 g/mol. The van der Waals surface area contributed by atoms with Gasteiger partial charge < -0.3 is 9.88 Å². The van der Waals surface area contributed by atoms with E-state index in [-0.39, 0.29) is 0 Å². The predicted molar refractivity (Wildman–Crippen MR) is 79.0 cm³/mol. The summed E-state index contributed by atoms with van der Waals surface area (Å²) in [5.41, 5.74) is 1.86. The Labute approximate surface area is 114 Å². The fraction of sp³-hybridized carbons (Fsp3) is 0.438. The summed E-state index contributed by atoms with van der Waals surface area (Å²) in [6.45, 7) is 8.53. The molecule has 0 bridgehead atoms. The maximum absolute atomic E-state index is 8.96. The van der Waals surface area contributed by atoms with E-state index in [0.717, 1.165) is 24.2 Å². The highest BCUT2D eigenvalue weighted by molar-refractivity contribution is 5.81. The number of benzene rings is 1. The summed E-state index contributed by atoms with van der Waals surface area (Å²) in [4.78, 5) is 0. The number of rotatable bonds is 5. The van der Waals surface area contributed by atoms with E-state index in [1.54, 1.807) is 0 Å². The minimum absolute atomic E-state index is 0.525. The minimum Gasteiger partial charge on any atom is -0.346 e. The molecule has 100 valence electrons. The van der Waals surface area contributed by atoms with Crippen molar-refractivity contribution < 1.29 is 0 Å². The van der Waals surface area contributed by atoms with Gasteiger partial charge in [-0.05, 0) is 36.4 Å². The fourth-order valence-electron chi connectivity index (χ4n) is 2.10. The van der Waals surface area contributed by atoms with Gasteiger partial charge in [-0.1, -0.05) is 19.9 Å². The quantitative estimate of drug-likeness (QED) is 0.891. The average molecular weight is 255 g/mol. The lowest BCUT2D eigenvalue weighted by molar-refractivity contribution is 0.418. The SMILES string of the molecule is CC(C)C(C)NCCn1ccc2ccc(C#N)cc21. The Hall–Kier alpha value is -1.79. The van der Waals surface area contributed by atoms with Crippen molar-refractivity contribution in [2.45, 2.75) is 33.4 Å². The predicted octanol–water partition coefficient (Wildman–Crippen LogP) is 3.15. The Morgan fingerprint density at radius 2 is 2.05 bits per heavy atom. The van der Waals surface area contributed by atoms with Crippen molar-refractivity contribution in [3.05, 3.63) is 36.0 Å². The number of nitrogens with one attached hydrogen (secondary N) is 1. The summed E-state index contributed by atoms with van der Waals surface area (Å²) in [5.74, 6) is 0.645. The average Bonchev–Trinajstić information content (AvgIpc) is 2.81. The van der Waals surface area contributed by atoms with E-state index in [9.17, 15) is 0 Å². The molecule has 2 rings (SSSR count). The van der Waals surface area contributed by atoms with Gasteiger partial charge in [0.15, 0.2) is 0 Å². The van der Waals surface area contributed by atoms with Gasteiger partial charge in [0.05, 0.1) is 11.6 Å². The molecule has 1 unspecified atom stereocenters. The topological polar surface area (TPSA) is 40.8 Å². The molecule has 0 saturated heterocycles. The number of nitrogens with zero attached hydrogens (tertiary/aromatic N) is 2. The van der Waals surface area contributed by atoms with Gasteiger partial charge in [0.1, 0.15) is 0 Å². The molecule has 0 aliphatic heterocycles. The van der Waals surface area contributed by atoms with Crippen LogP contribution < -0.4 is 5.32 Å². The fourth-order valence-corrected chi connectivity index (χ4v) is 2.10. The normalized spacial score (nSPS) is 12.8. The van der Waals surface area contributed by atoms with Crippen LogP contribution in [-0.2, 0) is 6.54 Å². The van der Waals surface area contributed by atoms with Gasteiger partial charge in [0.25, 0.3) is 0 Å². The lowest BCUT2D eigenvalue weighted by Crippen LogP contribution is -2.33. The molecule has 0 aliphatic rings. The molecule has 0 radical (unpaired) electrons. The van der Waals surface area contributed by atoms with Crippen LogP contribution in [0.1, 0.15) is 26.3 Å². The molecule has 2 aromatic rings. The van der Waals surface area contributed by atoms with Crippen LogP contribution in [0.3, 0.4) is 0 Å². The molecule has 1 N–H and O–H groups in total. The number of fused-ring (bicyclic) bond motifs is 1. The van der Waals surface area contributed by atoms with Crippen LogP contribution in [0.25, 0.3) is 10.9 Å². The van der Waals surface area contributed by atoms with Crippen molar-refractivity contribution in [2.75, 3.05) is 6.54 Å². The van der Waals surface area contributed by atoms with Crippen LogP contribution in [0.4, 0.5) is 0 Å². The standard InChI is InChI=1S/C16H21N3/c1-12(2)13(3)18-7-9-19-8-6-15-5-4-14(11-17)10-16(15)19/h4-6,8,10,12-13,18H,7,9H2,1-3H3. The number of hydrogen-bond donors (Lipinski definition) is 1. The van der Waals surface area contributed by atoms with Crippen LogP contribution >= 0.6 is 0 Å². The van der Waals surface area contributed by atoms with E-state index >= 15 is 0 Å². The Bertz CT molecular complexity index is 590. The van der Waals surface area contributed by atoms with Crippen molar-refractivity contribution in [1.29, 1.82) is 5.26 Å². The van der Waals surface area contributed by atoms with Gasteiger partial charge >= 0.3 is 0 Å². The summed E-state index contributed by atoms with van der Waals surface area (Å²) in [6.07, 6.45) is 2.09. The maximum Gasteiger partial charge on any atom is 0.0992 e. The third-order valence-electron chi connectivity index (χ3n) is 3.72. The van der Waals surface area contributed by atoms with E-state index in [4.69, 9.17) is 5.26 Å². The van der Waals surface area contributed by atoms with E-state index in [1.165, 1.54) is 5.39 Å². The number of aromatic nitrogens is 1. The molecule has 0 fully saturated rings. The van der Waals surface area contributed by atoms with Crippen LogP contribution in [0.15, 0.2) is 30.5 Å². The van der Waals surface area contributed by atoms with Gasteiger partial charge in [0.2, 0.25) is 0 Å². The van der Waals surface area contributed by atoms with E-state index < -0.39 is 0 Å². The summed E-state index contributed by atoms with van der Waals surface area (Å²) in [7, 11) is 0. The Morgan fingerprint density at radius 3 is 2.74 bits per heavy atom. The zero-order valence-corrected chi connectivity index (χ0v) is 11.9. The van der Waals surface area contributed by atoms with Crippen LogP contribution in [-0.4, -0.2) is 17.2 Å². The first-order valence-corrected chi connectivity index (χ1v) is 6.84. The third-order valence-corrected chi connectivity index (χ3v) is 3.72. The summed E-state index contributed by atoms with van der Waals surface area (Å²) < 4.78 is 2.20. The second-order valence-corrected chi connectivity index (χ2v) is 5.38. The number of hydrogen-bond acceptors (Lipinski definition) is 2. The molecule has 0 amide bonds. The van der Waals surface area contributed by atoms with Crippen LogP contribution in [0.5, 0.6) is 0 Å². The van der Waals surface area contributed by atoms with Gasteiger partial charge in [-0.15, -0.1) is 0 Å². The first kappa shape index (κ1) is 13.6. The molecule has 1 atom stereocenters. The third kappa shape index (κ3) is 3.15. The molecule has 1 aromatic heterocycles. The van der Waals surface area contributed by atoms with Gasteiger partial charge in [-0.2, -0.15) is 5.26 Å². The molecule has 0 aliphatic carbocycles. The van der Waals surface area contributed by atoms with Gasteiger partial charge in [-0.25, -0.2) is 0 Å². The lowest BCUT2D eigenvalue weighted by Gasteiger charge is -2.17. The summed E-state index contributed by atoms with van der Waals surface area (Å²) >= 11 is 0. The second kappa shape index (κ2) is 5.90. The molecule has 3 heteroatoms. The summed E-state index contributed by atoms with van der Waals surface area (Å²) in [5, 5.41) is 13.7. The van der Waals surface area contributed by atoms with E-state index in [2.05, 4.69) is 49.0 Å². The molecule has 0 spiro atoms. The molecule has 3 nitrogen and oxygen atoms in total. The highest BCUT2D eigenvalue weighted by Gasteiger charge is 2.06. The van der Waals surface area contributed by atoms with Crippen molar-refractivity contribution in [1.82, 2.24) is 9.88 Å². The first-order valence-electron chi connectivity index (χ1n) is 6.84. The van der Waals surface area contributed by atoms with E-state index in [0.29, 0.717) is 12.0 Å². The van der Waals surface area contributed by atoms with Crippen molar-refractivity contribution in [2.24, 2.45) is 5.92 Å². The van der Waals surface area contributed by atoms with Gasteiger partial charge in [0, 0.05) is 30.8 Å². The first-order chi connectivity index (χ1) is 9.11. The van der Waals surface area contributed by atoms with Crippen molar-refractivity contribution in [3.8, 4) is 6.07 Å². The largest absolute Gasteiger partial charge is 0.346 e. The van der Waals surface area contributed by atoms with Crippen molar-refractivity contribution in [3.63, 3.8) is 0 Å². The van der Waals surface area contributed by atoms with Crippen LogP contribution in [0.2, 0.25) is 0 Å². The Balaban J connectivity index is 2.07. The molecule has 1 heterocycles. The number of nitriles is 1.